The van der Waals surface area contributed by atoms with E-state index in [4.69, 9.17) is 10.1 Å². The monoisotopic (exact) mass is 423 g/mol. The number of rotatable bonds is 5. The molecule has 0 aliphatic carbocycles. The molecule has 162 valence electrons. The highest BCUT2D eigenvalue weighted by Gasteiger charge is 2.22. The van der Waals surface area contributed by atoms with Crippen molar-refractivity contribution < 1.29 is 0 Å². The summed E-state index contributed by atoms with van der Waals surface area (Å²) in [5.41, 5.74) is 6.68. The molecule has 0 amide bonds. The first-order chi connectivity index (χ1) is 15.7. The van der Waals surface area contributed by atoms with Crippen LogP contribution in [0.15, 0.2) is 73.1 Å². The zero-order chi connectivity index (χ0) is 21.9. The van der Waals surface area contributed by atoms with Gasteiger partial charge in [0, 0.05) is 31.0 Å². The number of anilines is 1. The fourth-order valence-corrected chi connectivity index (χ4v) is 4.48. The Balaban J connectivity index is 1.30. The Bertz CT molecular complexity index is 1170. The maximum atomic E-state index is 4.92. The predicted octanol–water partition coefficient (Wildman–Crippen LogP) is 5.41. The number of hydrogen-bond donors (Lipinski definition) is 0. The first kappa shape index (κ1) is 20.4. The molecule has 32 heavy (non-hydrogen) atoms. The van der Waals surface area contributed by atoms with E-state index in [0.29, 0.717) is 0 Å². The molecule has 1 aliphatic rings. The van der Waals surface area contributed by atoms with E-state index >= 15 is 0 Å². The summed E-state index contributed by atoms with van der Waals surface area (Å²) < 4.78 is 1.93. The summed E-state index contributed by atoms with van der Waals surface area (Å²) in [5, 5.41) is 4.72. The molecule has 0 N–H and O–H groups in total. The molecule has 0 radical (unpaired) electrons. The molecule has 5 heteroatoms. The fraction of sp³-hybridized carbons (Fsp3) is 0.296. The topological polar surface area (TPSA) is 46.8 Å². The number of benzene rings is 2. The van der Waals surface area contributed by atoms with Gasteiger partial charge in [0.25, 0.3) is 0 Å². The van der Waals surface area contributed by atoms with E-state index in [1.165, 1.54) is 24.0 Å². The Kier molecular flexibility index (Phi) is 5.71. The number of hydrogen-bond acceptors (Lipinski definition) is 4. The quantitative estimate of drug-likeness (QED) is 0.431. The van der Waals surface area contributed by atoms with Crippen LogP contribution in [0.3, 0.4) is 0 Å². The van der Waals surface area contributed by atoms with Crippen LogP contribution in [-0.2, 0) is 6.42 Å². The second kappa shape index (κ2) is 8.95. The molecule has 1 fully saturated rings. The van der Waals surface area contributed by atoms with Crippen LogP contribution in [0, 0.1) is 19.8 Å². The van der Waals surface area contributed by atoms with Gasteiger partial charge >= 0.3 is 0 Å². The lowest BCUT2D eigenvalue weighted by Gasteiger charge is -2.32. The molecule has 0 bridgehead atoms. The molecule has 2 aromatic heterocycles. The summed E-state index contributed by atoms with van der Waals surface area (Å²) >= 11 is 0. The van der Waals surface area contributed by atoms with E-state index < -0.39 is 0 Å². The summed E-state index contributed by atoms with van der Waals surface area (Å²) in [4.78, 5) is 11.8. The van der Waals surface area contributed by atoms with Gasteiger partial charge in [-0.1, -0.05) is 48.0 Å². The summed E-state index contributed by atoms with van der Waals surface area (Å²) in [6.07, 6.45) is 7.45. The lowest BCUT2D eigenvalue weighted by Crippen LogP contribution is -2.35. The predicted molar refractivity (Wildman–Crippen MR) is 129 cm³/mol. The Hall–Kier alpha value is -3.47. The zero-order valence-corrected chi connectivity index (χ0v) is 18.8. The maximum Gasteiger partial charge on any atom is 0.225 e. The lowest BCUT2D eigenvalue weighted by molar-refractivity contribution is 0.400. The average Bonchev–Trinajstić information content (AvgIpc) is 3.22. The largest absolute Gasteiger partial charge is 0.341 e. The third-order valence-electron chi connectivity index (χ3n) is 6.38. The molecule has 1 aliphatic heterocycles. The molecule has 1 saturated heterocycles. The van der Waals surface area contributed by atoms with Crippen molar-refractivity contribution in [2.24, 2.45) is 5.92 Å². The van der Waals surface area contributed by atoms with Crippen LogP contribution in [0.1, 0.15) is 29.7 Å². The number of nitrogens with zero attached hydrogens (tertiary/aromatic N) is 5. The lowest BCUT2D eigenvalue weighted by atomic mass is 9.90. The normalized spacial score (nSPS) is 14.6. The van der Waals surface area contributed by atoms with Gasteiger partial charge in [-0.25, -0.2) is 14.6 Å². The summed E-state index contributed by atoms with van der Waals surface area (Å²) in [6.45, 7) is 6.14. The molecule has 0 saturated carbocycles. The summed E-state index contributed by atoms with van der Waals surface area (Å²) in [6, 6.07) is 21.2. The number of piperidine rings is 1. The van der Waals surface area contributed by atoms with Gasteiger partial charge in [-0.15, -0.1) is 0 Å². The third kappa shape index (κ3) is 4.42. The van der Waals surface area contributed by atoms with Crippen LogP contribution in [-0.4, -0.2) is 32.8 Å². The molecule has 3 heterocycles. The fourth-order valence-electron chi connectivity index (χ4n) is 4.48. The average molecular weight is 424 g/mol. The van der Waals surface area contributed by atoms with Crippen LogP contribution in [0.25, 0.3) is 16.9 Å². The highest BCUT2D eigenvalue weighted by molar-refractivity contribution is 5.62. The standard InChI is InChI=1S/C27H29N5/c1-20-8-10-24(11-9-20)32-19-25(21(2)30-32)26-12-15-28-27(29-26)31-16-13-23(14-17-31)18-22-6-4-3-5-7-22/h3-12,15,19,23H,13-14,16-18H2,1-2H3. The molecule has 0 atom stereocenters. The first-order valence-electron chi connectivity index (χ1n) is 11.4. The summed E-state index contributed by atoms with van der Waals surface area (Å²) in [7, 11) is 0. The Labute approximate surface area is 189 Å². The van der Waals surface area contributed by atoms with Gasteiger partial charge in [0.05, 0.1) is 17.1 Å². The molecular weight excluding hydrogens is 394 g/mol. The van der Waals surface area contributed by atoms with Gasteiger partial charge in [-0.2, -0.15) is 5.10 Å². The van der Waals surface area contributed by atoms with E-state index in [2.05, 4.69) is 77.6 Å². The maximum absolute atomic E-state index is 4.92. The molecular formula is C27H29N5. The Morgan fingerprint density at radius 2 is 1.66 bits per heavy atom. The molecule has 0 unspecified atom stereocenters. The smallest absolute Gasteiger partial charge is 0.225 e. The second-order valence-electron chi connectivity index (χ2n) is 8.77. The van der Waals surface area contributed by atoms with E-state index in [9.17, 15) is 0 Å². The minimum atomic E-state index is 0.729. The Morgan fingerprint density at radius 1 is 0.906 bits per heavy atom. The van der Waals surface area contributed by atoms with Crippen molar-refractivity contribution in [3.63, 3.8) is 0 Å². The molecule has 2 aromatic carbocycles. The van der Waals surface area contributed by atoms with E-state index in [-0.39, 0.29) is 0 Å². The van der Waals surface area contributed by atoms with Gasteiger partial charge in [-0.3, -0.25) is 0 Å². The zero-order valence-electron chi connectivity index (χ0n) is 18.8. The van der Waals surface area contributed by atoms with Gasteiger partial charge in [0.15, 0.2) is 0 Å². The molecule has 4 aromatic rings. The van der Waals surface area contributed by atoms with Crippen LogP contribution in [0.5, 0.6) is 0 Å². The third-order valence-corrected chi connectivity index (χ3v) is 6.38. The molecule has 5 rings (SSSR count). The number of aryl methyl sites for hydroxylation is 2. The number of aromatic nitrogens is 4. The van der Waals surface area contributed by atoms with Gasteiger partial charge in [-0.05, 0) is 62.8 Å². The minimum absolute atomic E-state index is 0.729. The van der Waals surface area contributed by atoms with Crippen molar-refractivity contribution in [1.82, 2.24) is 19.7 Å². The Morgan fingerprint density at radius 3 is 2.41 bits per heavy atom. The van der Waals surface area contributed by atoms with Crippen LogP contribution < -0.4 is 4.90 Å². The van der Waals surface area contributed by atoms with Gasteiger partial charge in [0.2, 0.25) is 5.95 Å². The van der Waals surface area contributed by atoms with Gasteiger partial charge < -0.3 is 4.90 Å². The van der Waals surface area contributed by atoms with Crippen molar-refractivity contribution >= 4 is 5.95 Å². The van der Waals surface area contributed by atoms with Crippen LogP contribution in [0.2, 0.25) is 0 Å². The van der Waals surface area contributed by atoms with Crippen molar-refractivity contribution in [3.05, 3.63) is 89.9 Å². The van der Waals surface area contributed by atoms with Crippen molar-refractivity contribution in [1.29, 1.82) is 0 Å². The summed E-state index contributed by atoms with van der Waals surface area (Å²) in [5.74, 6) is 1.55. The van der Waals surface area contributed by atoms with Crippen LogP contribution in [0.4, 0.5) is 5.95 Å². The van der Waals surface area contributed by atoms with E-state index in [0.717, 1.165) is 54.0 Å². The SMILES string of the molecule is Cc1ccc(-n2cc(-c3ccnc(N4CCC(Cc5ccccc5)CC4)n3)c(C)n2)cc1. The highest BCUT2D eigenvalue weighted by Crippen LogP contribution is 2.27. The second-order valence-corrected chi connectivity index (χ2v) is 8.77. The van der Waals surface area contributed by atoms with E-state index in [1.807, 2.05) is 23.9 Å². The molecule has 5 nitrogen and oxygen atoms in total. The van der Waals surface area contributed by atoms with Crippen molar-refractivity contribution in [2.75, 3.05) is 18.0 Å². The highest BCUT2D eigenvalue weighted by atomic mass is 15.3. The minimum Gasteiger partial charge on any atom is -0.341 e. The van der Waals surface area contributed by atoms with Gasteiger partial charge in [0.1, 0.15) is 0 Å². The first-order valence-corrected chi connectivity index (χ1v) is 11.4. The van der Waals surface area contributed by atoms with Crippen molar-refractivity contribution in [3.8, 4) is 16.9 Å². The van der Waals surface area contributed by atoms with Crippen LogP contribution >= 0.6 is 0 Å². The van der Waals surface area contributed by atoms with Crippen molar-refractivity contribution in [2.45, 2.75) is 33.1 Å². The molecule has 0 spiro atoms. The van der Waals surface area contributed by atoms with E-state index in [1.54, 1.807) is 0 Å².